The van der Waals surface area contributed by atoms with Crippen molar-refractivity contribution < 1.29 is 0 Å². The number of thioether (sulfide) groups is 1. The highest BCUT2D eigenvalue weighted by atomic mass is 35.5. The van der Waals surface area contributed by atoms with E-state index in [1.54, 1.807) is 0 Å². The van der Waals surface area contributed by atoms with Crippen molar-refractivity contribution in [3.8, 4) is 0 Å². The van der Waals surface area contributed by atoms with Crippen LogP contribution in [0.25, 0.3) is 0 Å². The van der Waals surface area contributed by atoms with Gasteiger partial charge < -0.3 is 11.1 Å². The summed E-state index contributed by atoms with van der Waals surface area (Å²) >= 11 is 7.72. The number of rotatable bonds is 6. The standard InChI is InChI=1S/C12H21ClN4S/c1-5-12(6-2,18-4)7-15-10-9(14)8(3)16-11(13)17-10/h5-7,14H2,1-4H3,(H,15,16,17). The Hall–Kier alpha value is -0.680. The highest BCUT2D eigenvalue weighted by molar-refractivity contribution is 8.00. The first-order chi connectivity index (χ1) is 8.48. The molecule has 0 bridgehead atoms. The number of nitrogens with one attached hydrogen (secondary N) is 1. The van der Waals surface area contributed by atoms with Crippen molar-refractivity contribution in [2.24, 2.45) is 0 Å². The number of nitrogen functional groups attached to an aromatic ring is 1. The molecule has 0 aliphatic carbocycles. The second-order valence-corrected chi connectivity index (χ2v) is 5.90. The molecule has 0 aromatic carbocycles. The van der Waals surface area contributed by atoms with Crippen LogP contribution in [-0.4, -0.2) is 27.5 Å². The fourth-order valence-corrected chi connectivity index (χ4v) is 2.79. The van der Waals surface area contributed by atoms with E-state index in [9.17, 15) is 0 Å². The van der Waals surface area contributed by atoms with Crippen LogP contribution in [0.4, 0.5) is 11.5 Å². The summed E-state index contributed by atoms with van der Waals surface area (Å²) in [7, 11) is 0. The number of nitrogens with two attached hydrogens (primary N) is 1. The van der Waals surface area contributed by atoms with Gasteiger partial charge in [0.2, 0.25) is 5.28 Å². The summed E-state index contributed by atoms with van der Waals surface area (Å²) in [6.45, 7) is 7.04. The van der Waals surface area contributed by atoms with E-state index in [2.05, 4.69) is 35.4 Å². The molecule has 0 fully saturated rings. The van der Waals surface area contributed by atoms with Crippen LogP contribution >= 0.6 is 23.4 Å². The van der Waals surface area contributed by atoms with Gasteiger partial charge >= 0.3 is 0 Å². The van der Waals surface area contributed by atoms with Gasteiger partial charge in [0.1, 0.15) is 0 Å². The third-order valence-corrected chi connectivity index (χ3v) is 5.17. The van der Waals surface area contributed by atoms with E-state index in [0.29, 0.717) is 17.2 Å². The molecule has 0 saturated carbocycles. The van der Waals surface area contributed by atoms with Gasteiger partial charge in [-0.05, 0) is 37.6 Å². The average Bonchev–Trinajstić information content (AvgIpc) is 2.37. The minimum Gasteiger partial charge on any atom is -0.394 e. The lowest BCUT2D eigenvalue weighted by molar-refractivity contribution is 0.574. The van der Waals surface area contributed by atoms with Crippen LogP contribution in [0.2, 0.25) is 5.28 Å². The van der Waals surface area contributed by atoms with Crippen molar-refractivity contribution in [1.29, 1.82) is 0 Å². The molecule has 0 amide bonds. The van der Waals surface area contributed by atoms with E-state index in [1.165, 1.54) is 0 Å². The number of hydrogen-bond donors (Lipinski definition) is 2. The summed E-state index contributed by atoms with van der Waals surface area (Å²) < 4.78 is 0.206. The fraction of sp³-hybridized carbons (Fsp3) is 0.667. The van der Waals surface area contributed by atoms with Crippen LogP contribution in [-0.2, 0) is 0 Å². The monoisotopic (exact) mass is 288 g/mol. The zero-order valence-corrected chi connectivity index (χ0v) is 13.0. The summed E-state index contributed by atoms with van der Waals surface area (Å²) in [5, 5.41) is 3.54. The molecular formula is C12H21ClN4S. The zero-order valence-electron chi connectivity index (χ0n) is 11.4. The van der Waals surface area contributed by atoms with Gasteiger partial charge in [-0.15, -0.1) is 0 Å². The Labute approximate surface area is 118 Å². The van der Waals surface area contributed by atoms with Crippen LogP contribution in [0.5, 0.6) is 0 Å². The van der Waals surface area contributed by atoms with Crippen molar-refractivity contribution in [3.05, 3.63) is 11.0 Å². The van der Waals surface area contributed by atoms with Gasteiger partial charge in [-0.1, -0.05) is 13.8 Å². The molecule has 1 heterocycles. The van der Waals surface area contributed by atoms with Crippen LogP contribution < -0.4 is 11.1 Å². The third kappa shape index (κ3) is 3.42. The highest BCUT2D eigenvalue weighted by Gasteiger charge is 2.25. The normalized spacial score (nSPS) is 11.6. The van der Waals surface area contributed by atoms with Crippen molar-refractivity contribution in [3.63, 3.8) is 0 Å². The molecule has 0 saturated heterocycles. The maximum atomic E-state index is 5.95. The molecule has 4 nitrogen and oxygen atoms in total. The van der Waals surface area contributed by atoms with Crippen LogP contribution in [0, 0.1) is 6.92 Å². The second-order valence-electron chi connectivity index (χ2n) is 4.29. The van der Waals surface area contributed by atoms with Crippen molar-refractivity contribution in [2.75, 3.05) is 23.9 Å². The molecule has 6 heteroatoms. The van der Waals surface area contributed by atoms with Crippen molar-refractivity contribution >= 4 is 34.9 Å². The Morgan fingerprint density at radius 1 is 1.33 bits per heavy atom. The predicted molar refractivity (Wildman–Crippen MR) is 81.5 cm³/mol. The SMILES string of the molecule is CCC(CC)(CNc1nc(Cl)nc(C)c1N)SC. The van der Waals surface area contributed by atoms with Gasteiger partial charge in [0.15, 0.2) is 5.82 Å². The minimum absolute atomic E-state index is 0.206. The molecule has 0 radical (unpaired) electrons. The van der Waals surface area contributed by atoms with Gasteiger partial charge in [0.25, 0.3) is 0 Å². The number of aromatic nitrogens is 2. The topological polar surface area (TPSA) is 63.8 Å². The van der Waals surface area contributed by atoms with Gasteiger partial charge in [-0.2, -0.15) is 16.7 Å². The fourth-order valence-electron chi connectivity index (χ4n) is 1.79. The molecule has 1 aromatic heterocycles. The third-order valence-electron chi connectivity index (χ3n) is 3.41. The van der Waals surface area contributed by atoms with Gasteiger partial charge in [0.05, 0.1) is 11.4 Å². The lowest BCUT2D eigenvalue weighted by atomic mass is 10.0. The van der Waals surface area contributed by atoms with Gasteiger partial charge in [-0.3, -0.25) is 0 Å². The summed E-state index contributed by atoms with van der Waals surface area (Å²) in [5.74, 6) is 0.632. The summed E-state index contributed by atoms with van der Waals surface area (Å²) in [6.07, 6.45) is 4.32. The quantitative estimate of drug-likeness (QED) is 0.786. The molecule has 0 atom stereocenters. The summed E-state index contributed by atoms with van der Waals surface area (Å²) in [6, 6.07) is 0. The maximum Gasteiger partial charge on any atom is 0.224 e. The number of aryl methyl sites for hydroxylation is 1. The average molecular weight is 289 g/mol. The van der Waals surface area contributed by atoms with Gasteiger partial charge in [0, 0.05) is 11.3 Å². The predicted octanol–water partition coefficient (Wildman–Crippen LogP) is 3.35. The van der Waals surface area contributed by atoms with Crippen LogP contribution in [0.15, 0.2) is 0 Å². The van der Waals surface area contributed by atoms with E-state index >= 15 is 0 Å². The Bertz CT molecular complexity index is 399. The Morgan fingerprint density at radius 2 is 1.94 bits per heavy atom. The molecular weight excluding hydrogens is 268 g/mol. The molecule has 0 spiro atoms. The maximum absolute atomic E-state index is 5.95. The molecule has 0 aliphatic heterocycles. The number of halogens is 1. The van der Waals surface area contributed by atoms with Crippen LogP contribution in [0.3, 0.4) is 0 Å². The Morgan fingerprint density at radius 3 is 2.44 bits per heavy atom. The second kappa shape index (κ2) is 6.48. The molecule has 3 N–H and O–H groups in total. The molecule has 18 heavy (non-hydrogen) atoms. The molecule has 102 valence electrons. The van der Waals surface area contributed by atoms with E-state index in [4.69, 9.17) is 17.3 Å². The number of hydrogen-bond acceptors (Lipinski definition) is 5. The number of nitrogens with zero attached hydrogens (tertiary/aromatic N) is 2. The first-order valence-electron chi connectivity index (χ1n) is 6.06. The first-order valence-corrected chi connectivity index (χ1v) is 7.67. The lowest BCUT2D eigenvalue weighted by Crippen LogP contribution is -2.32. The largest absolute Gasteiger partial charge is 0.394 e. The van der Waals surface area contributed by atoms with E-state index in [1.807, 2.05) is 18.7 Å². The van der Waals surface area contributed by atoms with E-state index in [0.717, 1.165) is 19.4 Å². The smallest absolute Gasteiger partial charge is 0.224 e. The zero-order chi connectivity index (χ0) is 13.8. The molecule has 1 aromatic rings. The summed E-state index contributed by atoms with van der Waals surface area (Å²) in [4.78, 5) is 8.17. The van der Waals surface area contributed by atoms with Crippen molar-refractivity contribution in [1.82, 2.24) is 9.97 Å². The molecule has 0 aliphatic rings. The van der Waals surface area contributed by atoms with Crippen molar-refractivity contribution in [2.45, 2.75) is 38.4 Å². The molecule has 1 rings (SSSR count). The number of anilines is 2. The minimum atomic E-state index is 0.206. The van der Waals surface area contributed by atoms with Crippen LogP contribution in [0.1, 0.15) is 32.4 Å². The highest BCUT2D eigenvalue weighted by Crippen LogP contribution is 2.31. The Kier molecular flexibility index (Phi) is 5.53. The van der Waals surface area contributed by atoms with E-state index in [-0.39, 0.29) is 10.0 Å². The lowest BCUT2D eigenvalue weighted by Gasteiger charge is -2.30. The Balaban J connectivity index is 2.86. The van der Waals surface area contributed by atoms with Gasteiger partial charge in [-0.25, -0.2) is 4.98 Å². The van der Waals surface area contributed by atoms with E-state index < -0.39 is 0 Å². The summed E-state index contributed by atoms with van der Waals surface area (Å²) in [5.41, 5.74) is 7.23. The molecule has 0 unspecified atom stereocenters. The first kappa shape index (κ1) is 15.4.